The van der Waals surface area contributed by atoms with Gasteiger partial charge in [-0.2, -0.15) is 0 Å². The van der Waals surface area contributed by atoms with E-state index in [1.807, 2.05) is 37.3 Å². The Morgan fingerprint density at radius 3 is 2.04 bits per heavy atom. The monoisotopic (exact) mass is 380 g/mol. The third-order valence-electron chi connectivity index (χ3n) is 5.04. The Balaban J connectivity index is 2.72. The molecule has 0 amide bonds. The summed E-state index contributed by atoms with van der Waals surface area (Å²) in [7, 11) is 0. The molecule has 0 unspecified atom stereocenters. The van der Waals surface area contributed by atoms with E-state index < -0.39 is 5.97 Å². The lowest BCUT2D eigenvalue weighted by atomic mass is 9.77. The van der Waals surface area contributed by atoms with Gasteiger partial charge >= 0.3 is 5.97 Å². The average molecular weight is 381 g/mol. The number of aliphatic carboxylic acids is 1. The van der Waals surface area contributed by atoms with Crippen molar-refractivity contribution in [1.29, 1.82) is 0 Å². The van der Waals surface area contributed by atoms with Gasteiger partial charge in [0, 0.05) is 6.42 Å². The molecule has 0 aromatic heterocycles. The first kappa shape index (κ1) is 21.7. The highest BCUT2D eigenvalue weighted by molar-refractivity contribution is 6.15. The number of rotatable bonds is 4. The highest BCUT2D eigenvalue weighted by Crippen LogP contribution is 2.38. The number of phenols is 1. The van der Waals surface area contributed by atoms with Crippen molar-refractivity contribution in [3.8, 4) is 5.75 Å². The molecule has 0 radical (unpaired) electrons. The van der Waals surface area contributed by atoms with Gasteiger partial charge < -0.3 is 10.2 Å². The standard InChI is InChI=1S/C25H32O3/c1-15-12-18(14-17-10-9-11-19(22(17)26)24(3,4)5)21(16(2)23(27)28)20(13-15)25(6,7)8/h9-13,26H,2,14H2,1,3-8H3,(H,27,28). The summed E-state index contributed by atoms with van der Waals surface area (Å²) in [6.07, 6.45) is 0.447. The Kier molecular flexibility index (Phi) is 5.79. The van der Waals surface area contributed by atoms with Crippen molar-refractivity contribution < 1.29 is 15.0 Å². The lowest BCUT2D eigenvalue weighted by molar-refractivity contribution is -0.130. The van der Waals surface area contributed by atoms with Crippen molar-refractivity contribution in [3.63, 3.8) is 0 Å². The summed E-state index contributed by atoms with van der Waals surface area (Å²) in [5.41, 5.74) is 4.91. The van der Waals surface area contributed by atoms with Gasteiger partial charge in [0.05, 0.1) is 5.57 Å². The number of hydrogen-bond donors (Lipinski definition) is 2. The number of aryl methyl sites for hydroxylation is 1. The molecule has 0 saturated carbocycles. The SMILES string of the molecule is C=C(C(=O)O)c1c(Cc2cccc(C(C)(C)C)c2O)cc(C)cc1C(C)(C)C. The summed E-state index contributed by atoms with van der Waals surface area (Å²) >= 11 is 0. The molecular weight excluding hydrogens is 348 g/mol. The van der Waals surface area contributed by atoms with E-state index in [-0.39, 0.29) is 22.2 Å². The fraction of sp³-hybridized carbons (Fsp3) is 0.400. The molecule has 0 bridgehead atoms. The van der Waals surface area contributed by atoms with E-state index in [9.17, 15) is 15.0 Å². The minimum atomic E-state index is -1.02. The molecule has 3 nitrogen and oxygen atoms in total. The van der Waals surface area contributed by atoms with Crippen LogP contribution in [0, 0.1) is 6.92 Å². The molecule has 0 fully saturated rings. The number of hydrogen-bond acceptors (Lipinski definition) is 2. The van der Waals surface area contributed by atoms with Crippen molar-refractivity contribution >= 4 is 11.5 Å². The third kappa shape index (κ3) is 4.46. The topological polar surface area (TPSA) is 57.5 Å². The van der Waals surface area contributed by atoms with Gasteiger partial charge in [0.1, 0.15) is 5.75 Å². The van der Waals surface area contributed by atoms with Crippen molar-refractivity contribution in [2.75, 3.05) is 0 Å². The molecule has 2 rings (SSSR count). The zero-order valence-electron chi connectivity index (χ0n) is 18.1. The molecule has 2 aromatic carbocycles. The minimum Gasteiger partial charge on any atom is -0.507 e. The molecule has 0 aliphatic heterocycles. The summed E-state index contributed by atoms with van der Waals surface area (Å²) in [5, 5.41) is 20.5. The van der Waals surface area contributed by atoms with Gasteiger partial charge in [0.15, 0.2) is 0 Å². The van der Waals surface area contributed by atoms with Gasteiger partial charge in [-0.25, -0.2) is 4.79 Å². The van der Waals surface area contributed by atoms with E-state index >= 15 is 0 Å². The van der Waals surface area contributed by atoms with E-state index in [1.54, 1.807) is 0 Å². The maximum Gasteiger partial charge on any atom is 0.335 e. The van der Waals surface area contributed by atoms with Crippen LogP contribution in [-0.2, 0) is 22.0 Å². The van der Waals surface area contributed by atoms with Gasteiger partial charge in [-0.3, -0.25) is 0 Å². The van der Waals surface area contributed by atoms with Crippen LogP contribution in [0.3, 0.4) is 0 Å². The summed E-state index contributed by atoms with van der Waals surface area (Å²) in [4.78, 5) is 11.8. The molecule has 0 spiro atoms. The quantitative estimate of drug-likeness (QED) is 0.641. The van der Waals surface area contributed by atoms with Gasteiger partial charge in [-0.1, -0.05) is 84.0 Å². The Morgan fingerprint density at radius 1 is 0.964 bits per heavy atom. The highest BCUT2D eigenvalue weighted by Gasteiger charge is 2.26. The van der Waals surface area contributed by atoms with Crippen molar-refractivity contribution in [3.05, 3.63) is 70.3 Å². The maximum absolute atomic E-state index is 11.8. The lowest BCUT2D eigenvalue weighted by Crippen LogP contribution is -2.18. The highest BCUT2D eigenvalue weighted by atomic mass is 16.4. The predicted molar refractivity (Wildman–Crippen MR) is 116 cm³/mol. The van der Waals surface area contributed by atoms with Gasteiger partial charge in [-0.05, 0) is 45.6 Å². The molecule has 0 aliphatic carbocycles. The van der Waals surface area contributed by atoms with Crippen LogP contribution in [0.4, 0.5) is 0 Å². The Bertz CT molecular complexity index is 922. The van der Waals surface area contributed by atoms with Gasteiger partial charge in [0.2, 0.25) is 0 Å². The first-order chi connectivity index (χ1) is 12.7. The normalized spacial score (nSPS) is 12.1. The summed E-state index contributed by atoms with van der Waals surface area (Å²) < 4.78 is 0. The number of benzene rings is 2. The van der Waals surface area contributed by atoms with Crippen molar-refractivity contribution in [1.82, 2.24) is 0 Å². The van der Waals surface area contributed by atoms with Crippen LogP contribution in [-0.4, -0.2) is 16.2 Å². The zero-order valence-corrected chi connectivity index (χ0v) is 18.1. The second kappa shape index (κ2) is 7.46. The summed E-state index contributed by atoms with van der Waals surface area (Å²) in [6, 6.07) is 9.83. The van der Waals surface area contributed by atoms with E-state index in [0.29, 0.717) is 12.0 Å². The number of para-hydroxylation sites is 1. The van der Waals surface area contributed by atoms with E-state index in [1.165, 1.54) is 0 Å². The van der Waals surface area contributed by atoms with Crippen molar-refractivity contribution in [2.45, 2.75) is 65.7 Å². The molecule has 3 heteroatoms. The molecule has 0 aliphatic rings. The van der Waals surface area contributed by atoms with E-state index in [0.717, 1.165) is 27.8 Å². The first-order valence-electron chi connectivity index (χ1n) is 9.61. The fourth-order valence-corrected chi connectivity index (χ4v) is 3.60. The molecule has 0 heterocycles. The van der Waals surface area contributed by atoms with Crippen LogP contribution in [0.25, 0.3) is 5.57 Å². The fourth-order valence-electron chi connectivity index (χ4n) is 3.60. The number of carboxylic acid groups (broad SMARTS) is 1. The van der Waals surface area contributed by atoms with Crippen LogP contribution >= 0.6 is 0 Å². The molecule has 150 valence electrons. The zero-order chi connectivity index (χ0) is 21.4. The third-order valence-corrected chi connectivity index (χ3v) is 5.04. The minimum absolute atomic E-state index is 0.0893. The summed E-state index contributed by atoms with van der Waals surface area (Å²) in [5.74, 6) is -0.746. The number of aromatic hydroxyl groups is 1. The molecule has 2 N–H and O–H groups in total. The van der Waals surface area contributed by atoms with E-state index in [2.05, 4.69) is 48.1 Å². The average Bonchev–Trinajstić information content (AvgIpc) is 2.53. The van der Waals surface area contributed by atoms with Gasteiger partial charge in [-0.15, -0.1) is 0 Å². The first-order valence-corrected chi connectivity index (χ1v) is 9.61. The van der Waals surface area contributed by atoms with Gasteiger partial charge in [0.25, 0.3) is 0 Å². The smallest absolute Gasteiger partial charge is 0.335 e. The van der Waals surface area contributed by atoms with Crippen LogP contribution in [0.5, 0.6) is 5.75 Å². The van der Waals surface area contributed by atoms with Crippen LogP contribution < -0.4 is 0 Å². The Labute approximate surface area is 168 Å². The molecule has 2 aromatic rings. The predicted octanol–water partition coefficient (Wildman–Crippen LogP) is 5.98. The molecule has 28 heavy (non-hydrogen) atoms. The largest absolute Gasteiger partial charge is 0.507 e. The number of phenolic OH excluding ortho intramolecular Hbond substituents is 1. The van der Waals surface area contributed by atoms with Crippen LogP contribution in [0.2, 0.25) is 0 Å². The van der Waals surface area contributed by atoms with Crippen molar-refractivity contribution in [2.24, 2.45) is 0 Å². The molecular formula is C25H32O3. The lowest BCUT2D eigenvalue weighted by Gasteiger charge is -2.27. The maximum atomic E-state index is 11.8. The second-order valence-electron chi connectivity index (χ2n) is 9.62. The Hall–Kier alpha value is -2.55. The molecule has 0 atom stereocenters. The number of carbonyl (C=O) groups is 1. The summed E-state index contributed by atoms with van der Waals surface area (Å²) in [6.45, 7) is 18.3. The van der Waals surface area contributed by atoms with Crippen LogP contribution in [0.15, 0.2) is 36.9 Å². The van der Waals surface area contributed by atoms with Crippen LogP contribution in [0.1, 0.15) is 74.9 Å². The second-order valence-corrected chi connectivity index (χ2v) is 9.62. The Morgan fingerprint density at radius 2 is 1.54 bits per heavy atom. The molecule has 0 saturated heterocycles. The number of carboxylic acids is 1. The van der Waals surface area contributed by atoms with E-state index in [4.69, 9.17) is 0 Å².